The van der Waals surface area contributed by atoms with Crippen molar-refractivity contribution in [2.75, 3.05) is 34.9 Å². The molecular formula is C12H16N2O4S2. The summed E-state index contributed by atoms with van der Waals surface area (Å²) in [5.41, 5.74) is 6.56. The van der Waals surface area contributed by atoms with Crippen LogP contribution in [0.1, 0.15) is 10.4 Å². The Hall–Kier alpha value is -1.41. The van der Waals surface area contributed by atoms with Crippen molar-refractivity contribution in [2.45, 2.75) is 5.37 Å². The molecule has 8 heteroatoms. The van der Waals surface area contributed by atoms with Crippen LogP contribution in [0.3, 0.4) is 0 Å². The summed E-state index contributed by atoms with van der Waals surface area (Å²) in [6.45, 7) is 0.478. The third-order valence-electron chi connectivity index (χ3n) is 3.14. The van der Waals surface area contributed by atoms with Crippen LogP contribution in [0.2, 0.25) is 0 Å². The van der Waals surface area contributed by atoms with Gasteiger partial charge in [-0.05, 0) is 18.2 Å². The normalized spacial score (nSPS) is 19.9. The zero-order valence-electron chi connectivity index (χ0n) is 10.9. The van der Waals surface area contributed by atoms with Crippen molar-refractivity contribution in [1.29, 1.82) is 0 Å². The van der Waals surface area contributed by atoms with Gasteiger partial charge in [0.2, 0.25) is 0 Å². The molecule has 1 saturated heterocycles. The Morgan fingerprint density at radius 3 is 2.80 bits per heavy atom. The average Bonchev–Trinajstić information content (AvgIpc) is 2.37. The lowest BCUT2D eigenvalue weighted by atomic mass is 10.1. The van der Waals surface area contributed by atoms with Crippen LogP contribution in [0, 0.1) is 0 Å². The number of hydrogen-bond donors (Lipinski definition) is 2. The first-order valence-corrected chi connectivity index (χ1v) is 9.07. The molecule has 3 N–H and O–H groups in total. The van der Waals surface area contributed by atoms with E-state index in [1.54, 1.807) is 16.7 Å². The Bertz CT molecular complexity index is 630. The van der Waals surface area contributed by atoms with Gasteiger partial charge >= 0.3 is 5.97 Å². The largest absolute Gasteiger partial charge is 0.478 e. The van der Waals surface area contributed by atoms with Gasteiger partial charge in [0.25, 0.3) is 0 Å². The summed E-state index contributed by atoms with van der Waals surface area (Å²) in [7, 11) is -3.31. The maximum absolute atomic E-state index is 11.9. The molecule has 0 spiro atoms. The van der Waals surface area contributed by atoms with Gasteiger partial charge in [0.05, 0.1) is 11.3 Å². The highest BCUT2D eigenvalue weighted by molar-refractivity contribution is 8.01. The molecule has 20 heavy (non-hydrogen) atoms. The van der Waals surface area contributed by atoms with Gasteiger partial charge in [-0.3, -0.25) is 0 Å². The Labute approximate surface area is 121 Å². The number of thioether (sulfide) groups is 1. The van der Waals surface area contributed by atoms with Crippen LogP contribution in [-0.2, 0) is 9.84 Å². The second-order valence-corrected chi connectivity index (χ2v) is 7.99. The highest BCUT2D eigenvalue weighted by atomic mass is 32.2. The SMILES string of the molecule is CS(=O)(=O)C1CSCCN1c1cc(N)ccc1C(=O)O. The Morgan fingerprint density at radius 2 is 2.20 bits per heavy atom. The van der Waals surface area contributed by atoms with E-state index in [9.17, 15) is 18.3 Å². The Kier molecular flexibility index (Phi) is 4.14. The van der Waals surface area contributed by atoms with E-state index in [1.165, 1.54) is 24.5 Å². The first kappa shape index (κ1) is 15.0. The minimum absolute atomic E-state index is 0.0692. The van der Waals surface area contributed by atoms with Crippen LogP contribution in [0.5, 0.6) is 0 Å². The molecule has 1 aromatic carbocycles. The van der Waals surface area contributed by atoms with E-state index in [-0.39, 0.29) is 5.56 Å². The van der Waals surface area contributed by atoms with Crippen molar-refractivity contribution in [3.05, 3.63) is 23.8 Å². The molecule has 1 aliphatic heterocycles. The number of carboxylic acid groups (broad SMARTS) is 1. The number of nitrogens with zero attached hydrogens (tertiary/aromatic N) is 1. The van der Waals surface area contributed by atoms with Crippen molar-refractivity contribution in [3.63, 3.8) is 0 Å². The molecule has 1 unspecified atom stereocenters. The number of carboxylic acids is 1. The lowest BCUT2D eigenvalue weighted by molar-refractivity contribution is 0.0697. The number of anilines is 2. The van der Waals surface area contributed by atoms with Crippen LogP contribution >= 0.6 is 11.8 Å². The number of carbonyl (C=O) groups is 1. The zero-order valence-corrected chi connectivity index (χ0v) is 12.6. The van der Waals surface area contributed by atoms with Crippen LogP contribution in [0.25, 0.3) is 0 Å². The number of hydrogen-bond acceptors (Lipinski definition) is 6. The summed E-state index contributed by atoms with van der Waals surface area (Å²) in [4.78, 5) is 12.9. The second kappa shape index (κ2) is 5.53. The summed E-state index contributed by atoms with van der Waals surface area (Å²) < 4.78 is 23.8. The molecule has 6 nitrogen and oxygen atoms in total. The van der Waals surface area contributed by atoms with E-state index < -0.39 is 21.2 Å². The maximum Gasteiger partial charge on any atom is 0.337 e. The monoisotopic (exact) mass is 316 g/mol. The van der Waals surface area contributed by atoms with Gasteiger partial charge < -0.3 is 15.7 Å². The first-order chi connectivity index (χ1) is 9.30. The van der Waals surface area contributed by atoms with E-state index in [1.807, 2.05) is 0 Å². The lowest BCUT2D eigenvalue weighted by Crippen LogP contribution is -2.47. The van der Waals surface area contributed by atoms with Gasteiger partial charge in [-0.2, -0.15) is 11.8 Å². The number of rotatable bonds is 3. The number of nitrogens with two attached hydrogens (primary N) is 1. The van der Waals surface area contributed by atoms with Crippen molar-refractivity contribution in [3.8, 4) is 0 Å². The maximum atomic E-state index is 11.9. The molecule has 0 amide bonds. The third-order valence-corrected chi connectivity index (χ3v) is 5.78. The van der Waals surface area contributed by atoms with Crippen LogP contribution < -0.4 is 10.6 Å². The highest BCUT2D eigenvalue weighted by Gasteiger charge is 2.33. The molecule has 110 valence electrons. The van der Waals surface area contributed by atoms with Gasteiger partial charge in [0.1, 0.15) is 5.37 Å². The average molecular weight is 316 g/mol. The van der Waals surface area contributed by atoms with Crippen molar-refractivity contribution in [2.24, 2.45) is 0 Å². The van der Waals surface area contributed by atoms with Crippen molar-refractivity contribution in [1.82, 2.24) is 0 Å². The summed E-state index contributed by atoms with van der Waals surface area (Å²) in [6, 6.07) is 4.44. The fourth-order valence-corrected chi connectivity index (χ4v) is 5.01. The molecule has 0 bridgehead atoms. The summed E-state index contributed by atoms with van der Waals surface area (Å²) in [5.74, 6) is 0.0810. The number of benzene rings is 1. The van der Waals surface area contributed by atoms with Crippen LogP contribution in [0.4, 0.5) is 11.4 Å². The predicted octanol–water partition coefficient (Wildman–Crippen LogP) is 0.891. The van der Waals surface area contributed by atoms with E-state index in [2.05, 4.69) is 0 Å². The van der Waals surface area contributed by atoms with Gasteiger partial charge in [0.15, 0.2) is 9.84 Å². The molecule has 0 saturated carbocycles. The van der Waals surface area contributed by atoms with E-state index in [4.69, 9.17) is 5.73 Å². The molecule has 1 aliphatic rings. The Morgan fingerprint density at radius 1 is 1.50 bits per heavy atom. The highest BCUT2D eigenvalue weighted by Crippen LogP contribution is 2.31. The first-order valence-electron chi connectivity index (χ1n) is 5.97. The van der Waals surface area contributed by atoms with E-state index in [0.717, 1.165) is 5.75 Å². The number of sulfone groups is 1. The molecule has 1 atom stereocenters. The van der Waals surface area contributed by atoms with Crippen LogP contribution in [0.15, 0.2) is 18.2 Å². The quantitative estimate of drug-likeness (QED) is 0.799. The fraction of sp³-hybridized carbons (Fsp3) is 0.417. The lowest BCUT2D eigenvalue weighted by Gasteiger charge is -2.36. The molecule has 0 aromatic heterocycles. The predicted molar refractivity (Wildman–Crippen MR) is 81.1 cm³/mol. The number of nitrogen functional groups attached to an aromatic ring is 1. The van der Waals surface area contributed by atoms with Crippen LogP contribution in [-0.4, -0.2) is 49.2 Å². The standard InChI is InChI=1S/C12H16N2O4S2/c1-20(17,18)11-7-19-5-4-14(11)10-6-8(13)2-3-9(10)12(15)16/h2-3,6,11H,4-5,7,13H2,1H3,(H,15,16). The summed E-state index contributed by atoms with van der Waals surface area (Å²) in [5, 5.41) is 8.53. The van der Waals surface area contributed by atoms with Crippen molar-refractivity contribution >= 4 is 38.9 Å². The minimum atomic E-state index is -3.31. The van der Waals surface area contributed by atoms with Crippen molar-refractivity contribution < 1.29 is 18.3 Å². The molecule has 0 aliphatic carbocycles. The van der Waals surface area contributed by atoms with E-state index in [0.29, 0.717) is 23.7 Å². The summed E-state index contributed by atoms with van der Waals surface area (Å²) >= 11 is 1.55. The number of aromatic carboxylic acids is 1. The third kappa shape index (κ3) is 3.01. The fourth-order valence-electron chi connectivity index (χ4n) is 2.18. The van der Waals surface area contributed by atoms with E-state index >= 15 is 0 Å². The second-order valence-electron chi connectivity index (χ2n) is 4.63. The molecule has 1 heterocycles. The Balaban J connectivity index is 2.52. The minimum Gasteiger partial charge on any atom is -0.478 e. The molecule has 1 aromatic rings. The molecular weight excluding hydrogens is 300 g/mol. The smallest absolute Gasteiger partial charge is 0.337 e. The molecule has 2 rings (SSSR count). The van der Waals surface area contributed by atoms with Gasteiger partial charge in [-0.25, -0.2) is 13.2 Å². The van der Waals surface area contributed by atoms with Gasteiger partial charge in [-0.1, -0.05) is 0 Å². The van der Waals surface area contributed by atoms with Gasteiger partial charge in [-0.15, -0.1) is 0 Å². The molecule has 1 fully saturated rings. The zero-order chi connectivity index (χ0) is 14.9. The topological polar surface area (TPSA) is 101 Å². The summed E-state index contributed by atoms with van der Waals surface area (Å²) in [6.07, 6.45) is 1.17. The molecule has 0 radical (unpaired) electrons. The van der Waals surface area contributed by atoms with Gasteiger partial charge in [0, 0.05) is 30.0 Å².